The van der Waals surface area contributed by atoms with Gasteiger partial charge >= 0.3 is 0 Å². The molecule has 1 aromatic carbocycles. The first-order chi connectivity index (χ1) is 14.4. The lowest BCUT2D eigenvalue weighted by Gasteiger charge is -2.40. The number of piperidine rings is 1. The normalized spacial score (nSPS) is 22.0. The summed E-state index contributed by atoms with van der Waals surface area (Å²) in [4.78, 5) is 29.4. The van der Waals surface area contributed by atoms with E-state index in [0.717, 1.165) is 24.8 Å². The number of rotatable bonds is 4. The maximum absolute atomic E-state index is 12.9. The predicted octanol–water partition coefficient (Wildman–Crippen LogP) is 1.87. The van der Waals surface area contributed by atoms with Gasteiger partial charge in [0, 0.05) is 51.1 Å². The van der Waals surface area contributed by atoms with Crippen molar-refractivity contribution >= 4 is 21.8 Å². The van der Waals surface area contributed by atoms with Gasteiger partial charge in [0.05, 0.1) is 4.90 Å². The quantitative estimate of drug-likeness (QED) is 0.726. The minimum atomic E-state index is -3.51. The Kier molecular flexibility index (Phi) is 6.16. The minimum absolute atomic E-state index is 0.109. The molecule has 0 aromatic heterocycles. The van der Waals surface area contributed by atoms with Crippen LogP contribution in [0.1, 0.15) is 37.7 Å². The topological polar surface area (TPSA) is 78.0 Å². The first-order valence-corrected chi connectivity index (χ1v) is 12.4. The lowest BCUT2D eigenvalue weighted by molar-refractivity contribution is -0.146. The van der Waals surface area contributed by atoms with Gasteiger partial charge in [0.25, 0.3) is 0 Å². The summed E-state index contributed by atoms with van der Waals surface area (Å²) in [5.74, 6) is 0.427. The van der Waals surface area contributed by atoms with Crippen LogP contribution in [0.2, 0.25) is 0 Å². The molecule has 3 fully saturated rings. The van der Waals surface area contributed by atoms with Gasteiger partial charge < -0.3 is 9.80 Å². The summed E-state index contributed by atoms with van der Waals surface area (Å²) in [5.41, 5.74) is 1.02. The van der Waals surface area contributed by atoms with Crippen LogP contribution < -0.4 is 0 Å². The van der Waals surface area contributed by atoms with Crippen molar-refractivity contribution in [1.82, 2.24) is 14.1 Å². The molecule has 0 spiro atoms. The molecule has 164 valence electrons. The summed E-state index contributed by atoms with van der Waals surface area (Å²) < 4.78 is 27.2. The second-order valence-corrected chi connectivity index (χ2v) is 10.7. The second-order valence-electron chi connectivity index (χ2n) is 8.77. The van der Waals surface area contributed by atoms with Gasteiger partial charge in [-0.05, 0) is 44.7 Å². The van der Waals surface area contributed by atoms with Crippen molar-refractivity contribution in [2.75, 3.05) is 39.3 Å². The van der Waals surface area contributed by atoms with E-state index in [0.29, 0.717) is 57.0 Å². The Bertz CT molecular complexity index is 879. The zero-order chi connectivity index (χ0) is 21.3. The first kappa shape index (κ1) is 21.3. The molecule has 1 saturated carbocycles. The molecule has 8 heteroatoms. The number of carbonyl (C=O) groups excluding carboxylic acids is 2. The SMILES string of the molecule is Cc1ccc(S(=O)(=O)N2CCC(C(=O)N3CCN(C(=O)C4CCC4)CC3)CC2)cc1. The van der Waals surface area contributed by atoms with Crippen LogP contribution in [0.3, 0.4) is 0 Å². The Morgan fingerprint density at radius 2 is 1.23 bits per heavy atom. The van der Waals surface area contributed by atoms with E-state index in [-0.39, 0.29) is 23.7 Å². The average Bonchev–Trinajstić information content (AvgIpc) is 2.72. The summed E-state index contributed by atoms with van der Waals surface area (Å²) in [7, 11) is -3.51. The number of benzene rings is 1. The van der Waals surface area contributed by atoms with Gasteiger partial charge in [0.2, 0.25) is 21.8 Å². The minimum Gasteiger partial charge on any atom is -0.339 e. The summed E-state index contributed by atoms with van der Waals surface area (Å²) >= 11 is 0. The highest BCUT2D eigenvalue weighted by Crippen LogP contribution is 2.29. The number of carbonyl (C=O) groups is 2. The standard InChI is InChI=1S/C22H31N3O4S/c1-17-5-7-20(8-6-17)30(28,29)25-11-9-19(10-12-25)22(27)24-15-13-23(14-16-24)21(26)18-3-2-4-18/h5-8,18-19H,2-4,9-16H2,1H3. The average molecular weight is 434 g/mol. The predicted molar refractivity (Wildman–Crippen MR) is 113 cm³/mol. The zero-order valence-corrected chi connectivity index (χ0v) is 18.4. The summed E-state index contributed by atoms with van der Waals surface area (Å²) in [6.45, 7) is 5.05. The van der Waals surface area contributed by atoms with Gasteiger partial charge in [-0.15, -0.1) is 0 Å². The van der Waals surface area contributed by atoms with Gasteiger partial charge in [-0.25, -0.2) is 8.42 Å². The Balaban J connectivity index is 1.28. The molecule has 0 bridgehead atoms. The molecular weight excluding hydrogens is 402 g/mol. The van der Waals surface area contributed by atoms with Gasteiger partial charge in [-0.1, -0.05) is 24.1 Å². The third-order valence-corrected chi connectivity index (χ3v) is 8.73. The van der Waals surface area contributed by atoms with E-state index in [1.165, 1.54) is 4.31 Å². The van der Waals surface area contributed by atoms with Gasteiger partial charge in [-0.3, -0.25) is 9.59 Å². The van der Waals surface area contributed by atoms with E-state index in [2.05, 4.69) is 0 Å². The summed E-state index contributed by atoms with van der Waals surface area (Å²) in [6.07, 6.45) is 4.24. The highest BCUT2D eigenvalue weighted by atomic mass is 32.2. The Hall–Kier alpha value is -1.93. The van der Waals surface area contributed by atoms with Crippen LogP contribution in [0, 0.1) is 18.8 Å². The zero-order valence-electron chi connectivity index (χ0n) is 17.6. The molecule has 0 radical (unpaired) electrons. The van der Waals surface area contributed by atoms with Crippen molar-refractivity contribution < 1.29 is 18.0 Å². The van der Waals surface area contributed by atoms with E-state index in [1.54, 1.807) is 24.3 Å². The van der Waals surface area contributed by atoms with Crippen molar-refractivity contribution in [2.24, 2.45) is 11.8 Å². The number of hydrogen-bond acceptors (Lipinski definition) is 4. The van der Waals surface area contributed by atoms with E-state index >= 15 is 0 Å². The van der Waals surface area contributed by atoms with Crippen molar-refractivity contribution in [3.8, 4) is 0 Å². The van der Waals surface area contributed by atoms with Gasteiger partial charge in [0.1, 0.15) is 0 Å². The third-order valence-electron chi connectivity index (χ3n) is 6.82. The molecule has 1 aromatic rings. The summed E-state index contributed by atoms with van der Waals surface area (Å²) in [6, 6.07) is 6.90. The molecule has 2 heterocycles. The summed E-state index contributed by atoms with van der Waals surface area (Å²) in [5, 5.41) is 0. The Morgan fingerprint density at radius 1 is 0.767 bits per heavy atom. The molecule has 2 saturated heterocycles. The van der Waals surface area contributed by atoms with Crippen LogP contribution >= 0.6 is 0 Å². The molecule has 7 nitrogen and oxygen atoms in total. The first-order valence-electron chi connectivity index (χ1n) is 11.0. The number of amides is 2. The fraction of sp³-hybridized carbons (Fsp3) is 0.636. The lowest BCUT2D eigenvalue weighted by Crippen LogP contribution is -2.54. The van der Waals surface area contributed by atoms with Crippen LogP contribution in [0.5, 0.6) is 0 Å². The molecule has 2 aliphatic heterocycles. The lowest BCUT2D eigenvalue weighted by atomic mass is 9.84. The van der Waals surface area contributed by atoms with E-state index in [1.807, 2.05) is 16.7 Å². The van der Waals surface area contributed by atoms with Crippen LogP contribution in [0.15, 0.2) is 29.2 Å². The van der Waals surface area contributed by atoms with Crippen molar-refractivity contribution in [3.05, 3.63) is 29.8 Å². The Morgan fingerprint density at radius 3 is 1.67 bits per heavy atom. The molecule has 0 N–H and O–H groups in total. The number of piperazine rings is 1. The molecule has 1 aliphatic carbocycles. The van der Waals surface area contributed by atoms with Gasteiger partial charge in [-0.2, -0.15) is 4.31 Å². The maximum atomic E-state index is 12.9. The van der Waals surface area contributed by atoms with E-state index in [4.69, 9.17) is 0 Å². The smallest absolute Gasteiger partial charge is 0.243 e. The number of sulfonamides is 1. The monoisotopic (exact) mass is 433 g/mol. The Labute approximate surface area is 179 Å². The van der Waals surface area contributed by atoms with Crippen molar-refractivity contribution in [2.45, 2.75) is 43.9 Å². The highest BCUT2D eigenvalue weighted by Gasteiger charge is 2.36. The van der Waals surface area contributed by atoms with Crippen molar-refractivity contribution in [1.29, 1.82) is 0 Å². The van der Waals surface area contributed by atoms with Crippen molar-refractivity contribution in [3.63, 3.8) is 0 Å². The van der Waals surface area contributed by atoms with Gasteiger partial charge in [0.15, 0.2) is 0 Å². The largest absolute Gasteiger partial charge is 0.339 e. The molecular formula is C22H31N3O4S. The molecule has 0 atom stereocenters. The van der Waals surface area contributed by atoms with E-state index < -0.39 is 10.0 Å². The maximum Gasteiger partial charge on any atom is 0.243 e. The number of nitrogens with zero attached hydrogens (tertiary/aromatic N) is 3. The molecule has 0 unspecified atom stereocenters. The molecule has 4 rings (SSSR count). The third kappa shape index (κ3) is 4.25. The molecule has 3 aliphatic rings. The van der Waals surface area contributed by atoms with Crippen LogP contribution in [-0.4, -0.2) is 73.6 Å². The fourth-order valence-corrected chi connectivity index (χ4v) is 5.99. The fourth-order valence-electron chi connectivity index (χ4n) is 4.52. The van der Waals surface area contributed by atoms with Crippen LogP contribution in [0.4, 0.5) is 0 Å². The number of aryl methyl sites for hydroxylation is 1. The highest BCUT2D eigenvalue weighted by molar-refractivity contribution is 7.89. The van der Waals surface area contributed by atoms with E-state index in [9.17, 15) is 18.0 Å². The second kappa shape index (κ2) is 8.67. The van der Waals surface area contributed by atoms with Crippen LogP contribution in [0.25, 0.3) is 0 Å². The number of hydrogen-bond donors (Lipinski definition) is 0. The van der Waals surface area contributed by atoms with Crippen LogP contribution in [-0.2, 0) is 19.6 Å². The molecule has 30 heavy (non-hydrogen) atoms. The molecule has 2 amide bonds.